The van der Waals surface area contributed by atoms with Crippen LogP contribution < -0.4 is 0 Å². The minimum atomic E-state index is -3.72. The second-order valence-corrected chi connectivity index (χ2v) is 16.4. The van der Waals surface area contributed by atoms with Crippen molar-refractivity contribution < 1.29 is 38.2 Å². The van der Waals surface area contributed by atoms with Crippen LogP contribution in [0.15, 0.2) is 0 Å². The first-order chi connectivity index (χ1) is 19.6. The maximum atomic E-state index is 11.5. The van der Waals surface area contributed by atoms with Gasteiger partial charge < -0.3 is 20.4 Å². The van der Waals surface area contributed by atoms with Crippen molar-refractivity contribution in [3.05, 3.63) is 0 Å². The fraction of sp³-hybridized carbons (Fsp3) is 0.970. The molecular weight excluding hydrogens is 556 g/mol. The predicted molar refractivity (Wildman–Crippen MR) is 164 cm³/mol. The van der Waals surface area contributed by atoms with Crippen LogP contribution in [0.4, 0.5) is 0 Å². The largest absolute Gasteiger partial charge is 0.481 e. The molecule has 0 radical (unpaired) electrons. The molecule has 42 heavy (non-hydrogen) atoms. The Hall–Kier alpha value is -0.740. The average Bonchev–Trinajstić information content (AvgIpc) is 3.26. The number of aliphatic hydroxyl groups excluding tert-OH is 3. The average molecular weight is 617 g/mol. The quantitative estimate of drug-likeness (QED) is 0.131. The van der Waals surface area contributed by atoms with Crippen LogP contribution in [0.2, 0.25) is 0 Å². The van der Waals surface area contributed by atoms with Gasteiger partial charge >= 0.3 is 5.97 Å². The first-order valence-electron chi connectivity index (χ1n) is 16.9. The highest BCUT2D eigenvalue weighted by Crippen LogP contribution is 2.68. The zero-order chi connectivity index (χ0) is 31.3. The molecule has 0 aromatic heterocycles. The summed E-state index contributed by atoms with van der Waals surface area (Å²) >= 11 is 0. The van der Waals surface area contributed by atoms with Crippen molar-refractivity contribution in [3.8, 4) is 0 Å². The third-order valence-electron chi connectivity index (χ3n) is 12.3. The van der Waals surface area contributed by atoms with Crippen molar-refractivity contribution in [2.24, 2.45) is 46.3 Å². The van der Waals surface area contributed by atoms with Crippen LogP contribution in [-0.4, -0.2) is 63.4 Å². The van der Waals surface area contributed by atoms with E-state index in [9.17, 15) is 28.5 Å². The number of carbonyl (C=O) groups is 1. The Kier molecular flexibility index (Phi) is 12.8. The Labute approximate surface area is 254 Å². The molecule has 0 aromatic rings. The van der Waals surface area contributed by atoms with E-state index < -0.39 is 22.2 Å². The van der Waals surface area contributed by atoms with Crippen molar-refractivity contribution >= 4 is 16.1 Å². The van der Waals surface area contributed by atoms with Gasteiger partial charge in [0.1, 0.15) is 0 Å². The summed E-state index contributed by atoms with van der Waals surface area (Å²) in [6.07, 6.45) is 13.5. The number of unbranched alkanes of at least 4 members (excludes halogenated alkanes) is 6. The maximum Gasteiger partial charge on any atom is 0.303 e. The van der Waals surface area contributed by atoms with Gasteiger partial charge in [-0.2, -0.15) is 8.42 Å². The lowest BCUT2D eigenvalue weighted by molar-refractivity contribution is -0.207. The van der Waals surface area contributed by atoms with Crippen molar-refractivity contribution in [2.75, 3.05) is 5.75 Å². The first kappa shape index (κ1) is 35.7. The summed E-state index contributed by atoms with van der Waals surface area (Å²) in [5.41, 5.74) is -0.143. The Morgan fingerprint density at radius 1 is 0.905 bits per heavy atom. The van der Waals surface area contributed by atoms with Crippen LogP contribution in [0.1, 0.15) is 130 Å². The number of aliphatic carboxylic acids is 1. The van der Waals surface area contributed by atoms with Gasteiger partial charge in [-0.15, -0.1) is 0 Å². The second-order valence-electron chi connectivity index (χ2n) is 14.8. The van der Waals surface area contributed by atoms with Crippen LogP contribution in [0.5, 0.6) is 0 Å². The molecular formula is C33H60O8S. The Balaban J connectivity index is 0.000000316. The summed E-state index contributed by atoms with van der Waals surface area (Å²) in [5.74, 6) is 0.915. The summed E-state index contributed by atoms with van der Waals surface area (Å²) in [4.78, 5) is 11.1. The topological polar surface area (TPSA) is 152 Å². The molecule has 4 aliphatic rings. The van der Waals surface area contributed by atoms with Gasteiger partial charge in [-0.25, -0.2) is 0 Å². The van der Waals surface area contributed by atoms with Crippen LogP contribution in [0.3, 0.4) is 0 Å². The van der Waals surface area contributed by atoms with E-state index in [4.69, 9.17) is 9.66 Å². The number of carboxylic acids is 1. The second kappa shape index (κ2) is 15.0. The van der Waals surface area contributed by atoms with Crippen molar-refractivity contribution in [1.29, 1.82) is 0 Å². The SMILES string of the molecule is CCCCCCCCCS(=O)(=O)O.C[C@H](CCC(=O)O)[C@H]1CC[C@H]2[C@@H]3[C@H](O)C[C@@H]4C[C@H](O)CC[C@]4(C)[C@H]3C[C@H](O)[C@]12C. The van der Waals surface area contributed by atoms with Crippen LogP contribution in [0, 0.1) is 46.3 Å². The molecule has 0 saturated heterocycles. The maximum absolute atomic E-state index is 11.5. The minimum Gasteiger partial charge on any atom is -0.481 e. The lowest BCUT2D eigenvalue weighted by atomic mass is 9.43. The van der Waals surface area contributed by atoms with E-state index in [1.807, 2.05) is 0 Å². The summed E-state index contributed by atoms with van der Waals surface area (Å²) in [6.45, 7) is 8.89. The van der Waals surface area contributed by atoms with Crippen molar-refractivity contribution in [2.45, 2.75) is 149 Å². The first-order valence-corrected chi connectivity index (χ1v) is 18.5. The van der Waals surface area contributed by atoms with Crippen LogP contribution >= 0.6 is 0 Å². The molecule has 0 heterocycles. The van der Waals surface area contributed by atoms with Crippen LogP contribution in [0.25, 0.3) is 0 Å². The van der Waals surface area contributed by atoms with Gasteiger partial charge in [0.15, 0.2) is 0 Å². The van der Waals surface area contributed by atoms with Gasteiger partial charge in [0.2, 0.25) is 0 Å². The summed E-state index contributed by atoms with van der Waals surface area (Å²) in [6, 6.07) is 0. The van der Waals surface area contributed by atoms with E-state index >= 15 is 0 Å². The molecule has 4 saturated carbocycles. The van der Waals surface area contributed by atoms with E-state index in [1.165, 1.54) is 25.7 Å². The molecule has 246 valence electrons. The highest BCUT2D eigenvalue weighted by molar-refractivity contribution is 7.85. The molecule has 0 aliphatic heterocycles. The lowest BCUT2D eigenvalue weighted by Gasteiger charge is -2.63. The van der Waals surface area contributed by atoms with Crippen molar-refractivity contribution in [3.63, 3.8) is 0 Å². The molecule has 0 aromatic carbocycles. The summed E-state index contributed by atoms with van der Waals surface area (Å²) in [7, 11) is -3.72. The standard InChI is InChI=1S/C24H40O5.C9H20O3S/c1-13(4-7-21(28)29)16-5-6-17-22-18(12-20(27)24(16,17)3)23(2)9-8-15(25)10-14(23)11-19(22)26;1-2-3-4-5-6-7-8-9-13(10,11)12/h13-20,22,25-27H,4-12H2,1-3H3,(H,28,29);2-9H2,1H3,(H,10,11,12)/t13-,14+,15-,16-,17+,18+,19-,20+,22+,23+,24-;/m1./s1. The molecule has 4 aliphatic carbocycles. The number of hydrogen-bond donors (Lipinski definition) is 5. The van der Waals surface area contributed by atoms with Crippen molar-refractivity contribution in [1.82, 2.24) is 0 Å². The zero-order valence-corrected chi connectivity index (χ0v) is 27.4. The molecule has 9 heteroatoms. The highest BCUT2D eigenvalue weighted by Gasteiger charge is 2.65. The van der Waals surface area contributed by atoms with E-state index in [1.54, 1.807) is 0 Å². The van der Waals surface area contributed by atoms with Gasteiger partial charge in [-0.1, -0.05) is 66.2 Å². The smallest absolute Gasteiger partial charge is 0.303 e. The lowest BCUT2D eigenvalue weighted by Crippen LogP contribution is -2.62. The van der Waals surface area contributed by atoms with Gasteiger partial charge in [0, 0.05) is 6.42 Å². The number of fused-ring (bicyclic) bond motifs is 5. The highest BCUT2D eigenvalue weighted by atomic mass is 32.2. The fourth-order valence-electron chi connectivity index (χ4n) is 9.93. The summed E-state index contributed by atoms with van der Waals surface area (Å²) < 4.78 is 29.1. The monoisotopic (exact) mass is 616 g/mol. The fourth-order valence-corrected chi connectivity index (χ4v) is 10.5. The number of hydrogen-bond acceptors (Lipinski definition) is 6. The van der Waals surface area contributed by atoms with Crippen LogP contribution in [-0.2, 0) is 14.9 Å². The number of carboxylic acid groups (broad SMARTS) is 1. The van der Waals surface area contributed by atoms with E-state index in [2.05, 4.69) is 27.7 Å². The molecule has 4 rings (SSSR count). The molecule has 4 fully saturated rings. The molecule has 11 atom stereocenters. The third-order valence-corrected chi connectivity index (χ3v) is 13.1. The predicted octanol–water partition coefficient (Wildman–Crippen LogP) is 6.07. The normalized spacial score (nSPS) is 40.2. The molecule has 0 unspecified atom stereocenters. The molecule has 5 N–H and O–H groups in total. The molecule has 8 nitrogen and oxygen atoms in total. The molecule has 0 bridgehead atoms. The number of aliphatic hydroxyl groups is 3. The third kappa shape index (κ3) is 8.29. The van der Waals surface area contributed by atoms with Gasteiger partial charge in [-0.3, -0.25) is 9.35 Å². The Morgan fingerprint density at radius 2 is 1.55 bits per heavy atom. The zero-order valence-electron chi connectivity index (χ0n) is 26.6. The van der Waals surface area contributed by atoms with Gasteiger partial charge in [-0.05, 0) is 104 Å². The Morgan fingerprint density at radius 3 is 2.17 bits per heavy atom. The van der Waals surface area contributed by atoms with E-state index in [-0.39, 0.29) is 47.0 Å². The Bertz CT molecular complexity index is 971. The van der Waals surface area contributed by atoms with E-state index in [0.29, 0.717) is 36.5 Å². The van der Waals surface area contributed by atoms with Gasteiger partial charge in [0.05, 0.1) is 24.1 Å². The number of rotatable bonds is 12. The summed E-state index contributed by atoms with van der Waals surface area (Å²) in [5, 5.41) is 42.0. The molecule has 0 spiro atoms. The minimum absolute atomic E-state index is 0.0826. The van der Waals surface area contributed by atoms with E-state index in [0.717, 1.165) is 57.8 Å². The van der Waals surface area contributed by atoms with Gasteiger partial charge in [0.25, 0.3) is 10.1 Å². The molecule has 0 amide bonds.